The van der Waals surface area contributed by atoms with Gasteiger partial charge in [-0.25, -0.2) is 0 Å². The average Bonchev–Trinajstić information content (AvgIpc) is 2.77. The summed E-state index contributed by atoms with van der Waals surface area (Å²) in [5.41, 5.74) is 8.97. The first kappa shape index (κ1) is 23.7. The van der Waals surface area contributed by atoms with Crippen molar-refractivity contribution < 1.29 is 9.53 Å². The Morgan fingerprint density at radius 1 is 1.17 bits per heavy atom. The Bertz CT molecular complexity index is 867. The molecule has 2 aromatic carbocycles. The molecule has 1 amide bonds. The number of carbonyl (C=O) groups is 1. The standard InChI is InChI=1S/C23H28N4O2.HI/c1-25-23(27-15-12-20(13-16-27)19-5-3-2-4-6-19)26-14-11-18-7-9-21(10-8-18)29-17-22(24)28;/h2-10,12H,11,13-17H2,1H3,(H2,24,28)(H,25,26);1H. The van der Waals surface area contributed by atoms with Gasteiger partial charge in [-0.3, -0.25) is 9.79 Å². The van der Waals surface area contributed by atoms with Crippen LogP contribution in [-0.4, -0.2) is 50.1 Å². The fourth-order valence-corrected chi connectivity index (χ4v) is 3.33. The summed E-state index contributed by atoms with van der Waals surface area (Å²) in [6, 6.07) is 18.2. The zero-order chi connectivity index (χ0) is 20.5. The van der Waals surface area contributed by atoms with Gasteiger partial charge in [0.1, 0.15) is 5.75 Å². The van der Waals surface area contributed by atoms with Crippen LogP contribution < -0.4 is 15.8 Å². The summed E-state index contributed by atoms with van der Waals surface area (Å²) in [4.78, 5) is 17.5. The first-order valence-corrected chi connectivity index (χ1v) is 9.86. The lowest BCUT2D eigenvalue weighted by molar-refractivity contribution is -0.119. The lowest BCUT2D eigenvalue weighted by Gasteiger charge is -2.29. The summed E-state index contributed by atoms with van der Waals surface area (Å²) in [7, 11) is 1.82. The van der Waals surface area contributed by atoms with Crippen molar-refractivity contribution >= 4 is 41.4 Å². The van der Waals surface area contributed by atoms with E-state index in [4.69, 9.17) is 10.5 Å². The van der Waals surface area contributed by atoms with Crippen LogP contribution in [0.1, 0.15) is 17.5 Å². The number of guanidine groups is 1. The second kappa shape index (κ2) is 12.2. The molecule has 0 aliphatic carbocycles. The van der Waals surface area contributed by atoms with Gasteiger partial charge in [0.25, 0.3) is 5.91 Å². The van der Waals surface area contributed by atoms with Crippen LogP contribution in [0.3, 0.4) is 0 Å². The van der Waals surface area contributed by atoms with Gasteiger partial charge in [0, 0.05) is 26.7 Å². The molecule has 0 saturated heterocycles. The molecule has 0 fully saturated rings. The third-order valence-corrected chi connectivity index (χ3v) is 4.87. The maximum Gasteiger partial charge on any atom is 0.255 e. The molecule has 7 heteroatoms. The van der Waals surface area contributed by atoms with Gasteiger partial charge in [-0.15, -0.1) is 24.0 Å². The van der Waals surface area contributed by atoms with E-state index in [1.165, 1.54) is 16.7 Å². The Kier molecular flexibility index (Phi) is 9.66. The van der Waals surface area contributed by atoms with Gasteiger partial charge in [-0.1, -0.05) is 48.5 Å². The number of carbonyl (C=O) groups excluding carboxylic acids is 1. The molecule has 0 bridgehead atoms. The number of benzene rings is 2. The Hall–Kier alpha value is -2.55. The average molecular weight is 520 g/mol. The summed E-state index contributed by atoms with van der Waals surface area (Å²) in [6.07, 6.45) is 4.17. The number of ether oxygens (including phenoxy) is 1. The van der Waals surface area contributed by atoms with Gasteiger partial charge in [-0.2, -0.15) is 0 Å². The first-order valence-electron chi connectivity index (χ1n) is 9.86. The van der Waals surface area contributed by atoms with E-state index in [9.17, 15) is 4.79 Å². The minimum Gasteiger partial charge on any atom is -0.484 e. The number of hydrogen-bond donors (Lipinski definition) is 2. The summed E-state index contributed by atoms with van der Waals surface area (Å²) in [5.74, 6) is 1.09. The van der Waals surface area contributed by atoms with Crippen molar-refractivity contribution in [3.63, 3.8) is 0 Å². The second-order valence-corrected chi connectivity index (χ2v) is 6.91. The lowest BCUT2D eigenvalue weighted by Crippen LogP contribution is -2.44. The molecule has 0 spiro atoms. The van der Waals surface area contributed by atoms with E-state index in [1.807, 2.05) is 37.4 Å². The Morgan fingerprint density at radius 3 is 2.50 bits per heavy atom. The number of nitrogens with one attached hydrogen (secondary N) is 1. The highest BCUT2D eigenvalue weighted by molar-refractivity contribution is 14.0. The van der Waals surface area contributed by atoms with Crippen LogP contribution in [0.15, 0.2) is 65.7 Å². The molecule has 0 radical (unpaired) electrons. The Morgan fingerprint density at radius 2 is 1.90 bits per heavy atom. The maximum atomic E-state index is 10.8. The topological polar surface area (TPSA) is 80.0 Å². The molecule has 3 N–H and O–H groups in total. The number of halogens is 1. The van der Waals surface area contributed by atoms with E-state index in [0.29, 0.717) is 5.75 Å². The van der Waals surface area contributed by atoms with Crippen LogP contribution in [0, 0.1) is 0 Å². The van der Waals surface area contributed by atoms with Gasteiger partial charge >= 0.3 is 0 Å². The first-order chi connectivity index (χ1) is 14.2. The molecule has 0 unspecified atom stereocenters. The maximum absolute atomic E-state index is 10.8. The number of aliphatic imine (C=N–C) groups is 1. The zero-order valence-electron chi connectivity index (χ0n) is 17.2. The highest BCUT2D eigenvalue weighted by Gasteiger charge is 2.15. The number of hydrogen-bond acceptors (Lipinski definition) is 3. The molecular weight excluding hydrogens is 491 g/mol. The van der Waals surface area contributed by atoms with E-state index in [2.05, 4.69) is 45.6 Å². The number of primary amides is 1. The smallest absolute Gasteiger partial charge is 0.255 e. The molecule has 0 atom stereocenters. The molecule has 1 aliphatic rings. The summed E-state index contributed by atoms with van der Waals surface area (Å²) >= 11 is 0. The normalized spacial score (nSPS) is 13.8. The van der Waals surface area contributed by atoms with Gasteiger partial charge in [0.15, 0.2) is 12.6 Å². The minimum absolute atomic E-state index is 0. The molecule has 6 nitrogen and oxygen atoms in total. The summed E-state index contributed by atoms with van der Waals surface area (Å²) < 4.78 is 5.28. The van der Waals surface area contributed by atoms with Gasteiger partial charge in [0.2, 0.25) is 0 Å². The van der Waals surface area contributed by atoms with E-state index in [0.717, 1.165) is 38.4 Å². The molecular formula is C23H29IN4O2. The van der Waals surface area contributed by atoms with Crippen molar-refractivity contribution in [3.8, 4) is 5.75 Å². The van der Waals surface area contributed by atoms with Crippen molar-refractivity contribution in [1.82, 2.24) is 10.2 Å². The quantitative estimate of drug-likeness (QED) is 0.334. The predicted molar refractivity (Wildman–Crippen MR) is 132 cm³/mol. The van der Waals surface area contributed by atoms with Crippen LogP contribution in [0.25, 0.3) is 5.57 Å². The van der Waals surface area contributed by atoms with E-state index in [1.54, 1.807) is 0 Å². The zero-order valence-corrected chi connectivity index (χ0v) is 19.5. The van der Waals surface area contributed by atoms with Gasteiger partial charge in [0.05, 0.1) is 0 Å². The highest BCUT2D eigenvalue weighted by atomic mass is 127. The fraction of sp³-hybridized carbons (Fsp3) is 0.304. The second-order valence-electron chi connectivity index (χ2n) is 6.91. The summed E-state index contributed by atoms with van der Waals surface area (Å²) in [6.45, 7) is 2.50. The molecule has 1 aliphatic heterocycles. The third-order valence-electron chi connectivity index (χ3n) is 4.87. The van der Waals surface area contributed by atoms with Crippen molar-refractivity contribution in [2.24, 2.45) is 10.7 Å². The van der Waals surface area contributed by atoms with E-state index in [-0.39, 0.29) is 30.6 Å². The molecule has 30 heavy (non-hydrogen) atoms. The molecule has 2 aromatic rings. The van der Waals surface area contributed by atoms with Crippen molar-refractivity contribution in [1.29, 1.82) is 0 Å². The van der Waals surface area contributed by atoms with Gasteiger partial charge < -0.3 is 20.7 Å². The largest absolute Gasteiger partial charge is 0.484 e. The minimum atomic E-state index is -0.479. The SMILES string of the molecule is CN=C(NCCc1ccc(OCC(N)=O)cc1)N1CC=C(c2ccccc2)CC1.I. The fourth-order valence-electron chi connectivity index (χ4n) is 3.33. The Labute approximate surface area is 195 Å². The molecule has 160 valence electrons. The van der Waals surface area contributed by atoms with E-state index >= 15 is 0 Å². The lowest BCUT2D eigenvalue weighted by atomic mass is 10.00. The molecule has 3 rings (SSSR count). The Balaban J connectivity index is 0.00000320. The van der Waals surface area contributed by atoms with Crippen LogP contribution >= 0.6 is 24.0 Å². The van der Waals surface area contributed by atoms with Crippen LogP contribution in [0.5, 0.6) is 5.75 Å². The number of nitrogens with two attached hydrogens (primary N) is 1. The monoisotopic (exact) mass is 520 g/mol. The number of nitrogens with zero attached hydrogens (tertiary/aromatic N) is 2. The van der Waals surface area contributed by atoms with Crippen molar-refractivity contribution in [3.05, 3.63) is 71.8 Å². The van der Waals surface area contributed by atoms with Crippen molar-refractivity contribution in [2.45, 2.75) is 12.8 Å². The van der Waals surface area contributed by atoms with Crippen LogP contribution in [-0.2, 0) is 11.2 Å². The molecule has 0 aromatic heterocycles. The summed E-state index contributed by atoms with van der Waals surface area (Å²) in [5, 5.41) is 3.45. The third kappa shape index (κ3) is 7.05. The number of amides is 1. The van der Waals surface area contributed by atoms with Crippen LogP contribution in [0.4, 0.5) is 0 Å². The van der Waals surface area contributed by atoms with Crippen LogP contribution in [0.2, 0.25) is 0 Å². The van der Waals surface area contributed by atoms with Crippen molar-refractivity contribution in [2.75, 3.05) is 33.3 Å². The molecule has 1 heterocycles. The predicted octanol–water partition coefficient (Wildman–Crippen LogP) is 3.08. The van der Waals surface area contributed by atoms with Gasteiger partial charge in [-0.05, 0) is 41.7 Å². The molecule has 0 saturated carbocycles. The number of rotatable bonds is 7. The highest BCUT2D eigenvalue weighted by Crippen LogP contribution is 2.22. The van der Waals surface area contributed by atoms with E-state index < -0.39 is 5.91 Å².